The number of fused-ring (bicyclic) bond motifs is 2. The quantitative estimate of drug-likeness (QED) is 0.0650. The van der Waals surface area contributed by atoms with Crippen LogP contribution in [0.3, 0.4) is 0 Å². The van der Waals surface area contributed by atoms with Crippen molar-refractivity contribution in [2.45, 2.75) is 145 Å². The van der Waals surface area contributed by atoms with Crippen LogP contribution in [0.25, 0.3) is 21.1 Å². The van der Waals surface area contributed by atoms with Crippen LogP contribution in [0, 0.1) is 11.8 Å². The fourth-order valence-corrected chi connectivity index (χ4v) is 13.5. The van der Waals surface area contributed by atoms with Crippen molar-refractivity contribution >= 4 is 58.4 Å². The van der Waals surface area contributed by atoms with E-state index in [-0.39, 0.29) is 42.1 Å². The van der Waals surface area contributed by atoms with Crippen LogP contribution in [0.5, 0.6) is 11.5 Å². The zero-order valence-electron chi connectivity index (χ0n) is 50.7. The number of aromatic nitrogens is 2. The molecule has 1 aromatic heterocycles. The number of hydrogen-bond acceptors (Lipinski definition) is 21. The second-order valence-electron chi connectivity index (χ2n) is 24.4. The van der Waals surface area contributed by atoms with E-state index in [0.29, 0.717) is 15.6 Å². The number of nitrogens with two attached hydrogens (primary N) is 1. The van der Waals surface area contributed by atoms with E-state index in [9.17, 15) is 69.3 Å². The molecular formula is C62H84N12O15S. The Bertz CT molecular complexity index is 3160. The molecule has 0 bridgehead atoms. The first kappa shape index (κ1) is 67.0. The molecule has 9 rings (SSSR count). The van der Waals surface area contributed by atoms with E-state index in [1.807, 2.05) is 12.1 Å². The van der Waals surface area contributed by atoms with Gasteiger partial charge in [-0.25, -0.2) is 0 Å². The Balaban J connectivity index is 0.945. The number of methoxy groups -OCH3 is 1. The summed E-state index contributed by atoms with van der Waals surface area (Å²) in [5, 5.41) is 101. The summed E-state index contributed by atoms with van der Waals surface area (Å²) < 4.78 is 5.20. The predicted octanol–water partition coefficient (Wildman–Crippen LogP) is -1.41. The van der Waals surface area contributed by atoms with Crippen LogP contribution in [0.15, 0.2) is 66.7 Å². The largest absolute Gasteiger partial charge is 0.504 e. The number of hydrogen-bond donors (Lipinski definition) is 13. The van der Waals surface area contributed by atoms with Gasteiger partial charge in [0.05, 0.1) is 43.7 Å². The molecule has 4 aromatic rings. The van der Waals surface area contributed by atoms with E-state index in [1.165, 1.54) is 87.4 Å². The topological polar surface area (TPSA) is 395 Å². The summed E-state index contributed by atoms with van der Waals surface area (Å²) >= 11 is 1.36. The smallest absolute Gasteiger partial charge is 0.251 e. The summed E-state index contributed by atoms with van der Waals surface area (Å²) in [6, 6.07) is 7.69. The number of nitrogens with zero attached hydrogens (tertiary/aromatic N) is 6. The van der Waals surface area contributed by atoms with Crippen molar-refractivity contribution in [3.05, 3.63) is 77.9 Å². The van der Waals surface area contributed by atoms with Crippen LogP contribution in [0.1, 0.15) is 81.1 Å². The molecule has 5 aliphatic rings. The number of phenols is 1. The van der Waals surface area contributed by atoms with Crippen LogP contribution >= 0.6 is 11.3 Å². The number of β-amino-alcohol motifs (C(OH)–C–C–N with tert-alkyl or cyclic N) is 1. The Morgan fingerprint density at radius 1 is 0.744 bits per heavy atom. The third-order valence-electron chi connectivity index (χ3n) is 17.8. The molecule has 488 valence electrons. The summed E-state index contributed by atoms with van der Waals surface area (Å²) in [6.07, 6.45) is -4.99. The summed E-state index contributed by atoms with van der Waals surface area (Å²) in [7, 11) is 1.28. The molecule has 3 aromatic carbocycles. The third kappa shape index (κ3) is 16.0. The van der Waals surface area contributed by atoms with Gasteiger partial charge in [-0.3, -0.25) is 38.5 Å². The van der Waals surface area contributed by atoms with Crippen molar-refractivity contribution in [3.63, 3.8) is 0 Å². The molecule has 5 heterocycles. The van der Waals surface area contributed by atoms with Gasteiger partial charge in [-0.15, -0.1) is 10.2 Å². The van der Waals surface area contributed by atoms with Gasteiger partial charge in [0.15, 0.2) is 11.5 Å². The lowest BCUT2D eigenvalue weighted by Crippen LogP contribution is -2.64. The minimum Gasteiger partial charge on any atom is -0.504 e. The second-order valence-corrected chi connectivity index (χ2v) is 25.4. The molecule has 90 heavy (non-hydrogen) atoms. The van der Waals surface area contributed by atoms with Gasteiger partial charge in [0.1, 0.15) is 46.3 Å². The van der Waals surface area contributed by atoms with Crippen LogP contribution in [-0.4, -0.2) is 241 Å². The van der Waals surface area contributed by atoms with E-state index in [2.05, 4.69) is 58.7 Å². The lowest BCUT2D eigenvalue weighted by molar-refractivity contribution is -0.147. The van der Waals surface area contributed by atoms with E-state index in [1.54, 1.807) is 19.1 Å². The van der Waals surface area contributed by atoms with E-state index < -0.39 is 152 Å². The number of aromatic hydroxyl groups is 1. The molecule has 1 saturated carbocycles. The summed E-state index contributed by atoms with van der Waals surface area (Å²) in [6.45, 7) is 6.23. The maximum atomic E-state index is 14.7. The Hall–Kier alpha value is -7.41. The lowest BCUT2D eigenvalue weighted by Gasteiger charge is -2.38. The van der Waals surface area contributed by atoms with Gasteiger partial charge in [0.25, 0.3) is 5.91 Å². The van der Waals surface area contributed by atoms with E-state index in [0.717, 1.165) is 60.1 Å². The molecule has 0 spiro atoms. The fraction of sp³-hybridized carbons (Fsp3) is 0.565. The molecule has 7 amide bonds. The zero-order valence-corrected chi connectivity index (χ0v) is 51.5. The number of amides is 7. The maximum absolute atomic E-state index is 14.7. The van der Waals surface area contributed by atoms with Gasteiger partial charge in [-0.1, -0.05) is 55.7 Å². The second kappa shape index (κ2) is 30.1. The number of rotatable bonds is 15. The monoisotopic (exact) mass is 1270 g/mol. The van der Waals surface area contributed by atoms with Crippen LogP contribution in [-0.2, 0) is 35.2 Å². The predicted molar refractivity (Wildman–Crippen MR) is 329 cm³/mol. The molecule has 5 fully saturated rings. The number of aliphatic hydroxyl groups is 6. The number of carbonyl (C=O) groups is 7. The Labute approximate surface area is 525 Å². The molecule has 27 nitrogen and oxygen atoms in total. The van der Waals surface area contributed by atoms with Crippen LogP contribution in [0.2, 0.25) is 0 Å². The molecule has 4 aliphatic heterocycles. The standard InChI is InChI=1S/C62H84N12O15S/c1-33-30-74-52(53(33)81)58(86)64-29-41(76)27-43(65-54(82)37-10-12-38(13-11-37)59-69-70-60(90-59)39-14-16-40(17-15-39)72-23-21-71(22-24-72)31-35-7-5-4-6-8-35)55(83)66-49(34(2)75)61(87)73-32-42(77)28-44(73)56(84)67-50(57(85)68-51(62(74)88)46(79)19-20-63)47(80)25-36-9-18-45(78)48(26-36)89-3/h9-18,26,33-35,41-44,46-47,49-53,75-81H,4-8,19-25,27-32,63H2,1-3H3,(H,64,86)(H,65,82)(H,66,83)(H,67,84)(H,68,85)/t33-,34+,41+,42+,43?,44-,46+,47+,49-,50-,51-,52-,53-/m0/s1. The SMILES string of the molecule is COc1cc(C[C@@H](O)[C@@H]2NC(=O)[C@@H]3C[C@@H](O)CN3C(=O)[C@H]([C@@H](C)O)NC(=O)C(NC(=O)c3ccc(-c4nnc(-c5ccc(N6CCN(CC7CCCCC7)CC6)cc5)s4)cc3)C[C@@H](O)CNC(=O)[C@@H]3[C@@H](O)[C@@H](C)CN3C(=O)[C@H]([C@H](O)CCN)NC2=O)ccc1O. The number of carbonyl (C=O) groups excluding carboxylic acids is 7. The van der Waals surface area contributed by atoms with Crippen molar-refractivity contribution in [1.82, 2.24) is 51.5 Å². The van der Waals surface area contributed by atoms with Gasteiger partial charge < -0.3 is 87.5 Å². The van der Waals surface area contributed by atoms with Gasteiger partial charge in [0.2, 0.25) is 35.4 Å². The highest BCUT2D eigenvalue weighted by Crippen LogP contribution is 2.33. The first-order valence-corrected chi connectivity index (χ1v) is 31.7. The van der Waals surface area contributed by atoms with Crippen molar-refractivity contribution in [1.29, 1.82) is 0 Å². The number of aliphatic hydroxyl groups excluding tert-OH is 6. The highest BCUT2D eigenvalue weighted by molar-refractivity contribution is 7.17. The normalized spacial score (nSPS) is 27.5. The van der Waals surface area contributed by atoms with Crippen molar-refractivity contribution in [2.75, 3.05) is 70.9 Å². The van der Waals surface area contributed by atoms with Crippen LogP contribution in [0.4, 0.5) is 5.69 Å². The molecule has 0 radical (unpaired) electrons. The Morgan fingerprint density at radius 3 is 2.02 bits per heavy atom. The van der Waals surface area contributed by atoms with Crippen molar-refractivity contribution in [3.8, 4) is 32.6 Å². The minimum absolute atomic E-state index is 0.000995. The Morgan fingerprint density at radius 2 is 1.38 bits per heavy atom. The van der Waals surface area contributed by atoms with Gasteiger partial charge in [-0.2, -0.15) is 0 Å². The molecule has 13 atom stereocenters. The minimum atomic E-state index is -2.02. The zero-order chi connectivity index (χ0) is 64.5. The number of anilines is 1. The fourth-order valence-electron chi connectivity index (χ4n) is 12.7. The molecule has 4 saturated heterocycles. The number of benzene rings is 3. The van der Waals surface area contributed by atoms with Crippen LogP contribution < -0.4 is 42.0 Å². The average Bonchev–Trinajstić information content (AvgIpc) is 1.68. The number of piperazine rings is 1. The Kier molecular flexibility index (Phi) is 22.4. The maximum Gasteiger partial charge on any atom is 0.251 e. The highest BCUT2D eigenvalue weighted by Gasteiger charge is 2.50. The van der Waals surface area contributed by atoms with Gasteiger partial charge >= 0.3 is 0 Å². The van der Waals surface area contributed by atoms with Crippen molar-refractivity contribution in [2.24, 2.45) is 17.6 Å². The molecule has 28 heteroatoms. The number of nitrogens with one attached hydrogen (secondary N) is 5. The molecule has 1 unspecified atom stereocenters. The molecule has 1 aliphatic carbocycles. The summed E-state index contributed by atoms with van der Waals surface area (Å²) in [5.41, 5.74) is 8.80. The average molecular weight is 1270 g/mol. The number of phenolic OH excluding ortho intramolecular Hbond substituents is 1. The number of ether oxygens (including phenoxy) is 1. The van der Waals surface area contributed by atoms with Crippen molar-refractivity contribution < 1.29 is 74.0 Å². The van der Waals surface area contributed by atoms with Gasteiger partial charge in [0, 0.05) is 99.9 Å². The highest BCUT2D eigenvalue weighted by atomic mass is 32.1. The molecular weight excluding hydrogens is 1180 g/mol. The third-order valence-corrected chi connectivity index (χ3v) is 18.8. The van der Waals surface area contributed by atoms with E-state index in [4.69, 9.17) is 10.5 Å². The van der Waals surface area contributed by atoms with Gasteiger partial charge in [-0.05, 0) is 92.7 Å². The first-order valence-electron chi connectivity index (χ1n) is 30.9. The summed E-state index contributed by atoms with van der Waals surface area (Å²) in [4.78, 5) is 108. The first-order chi connectivity index (χ1) is 43.1. The summed E-state index contributed by atoms with van der Waals surface area (Å²) in [5.74, 6) is -7.68. The lowest BCUT2D eigenvalue weighted by atomic mass is 9.89. The van der Waals surface area contributed by atoms with E-state index >= 15 is 0 Å². The molecule has 14 N–H and O–H groups in total.